The van der Waals surface area contributed by atoms with Crippen LogP contribution in [0.2, 0.25) is 0 Å². The minimum Gasteiger partial charge on any atom is -0.394 e. The van der Waals surface area contributed by atoms with E-state index in [0.29, 0.717) is 12.8 Å². The second-order valence-electron chi connectivity index (χ2n) is 5.25. The molecule has 19 heavy (non-hydrogen) atoms. The molecule has 2 aliphatic rings. The highest BCUT2D eigenvalue weighted by atomic mass is 16.5. The van der Waals surface area contributed by atoms with E-state index >= 15 is 0 Å². The molecule has 6 nitrogen and oxygen atoms in total. The van der Waals surface area contributed by atoms with Crippen molar-refractivity contribution in [3.05, 3.63) is 12.2 Å². The Bertz CT molecular complexity index is 342. The maximum Gasteiger partial charge on any atom is 0.126 e. The lowest BCUT2D eigenvalue weighted by Gasteiger charge is -2.44. The predicted molar refractivity (Wildman–Crippen MR) is 65.2 cm³/mol. The molecule has 7 atom stereocenters. The fourth-order valence-electron chi connectivity index (χ4n) is 2.84. The number of aliphatic hydroxyl groups excluding tert-OH is 4. The van der Waals surface area contributed by atoms with E-state index in [0.717, 1.165) is 6.29 Å². The first-order valence-corrected chi connectivity index (χ1v) is 6.51. The molecule has 4 N–H and O–H groups in total. The zero-order chi connectivity index (χ0) is 14.0. The van der Waals surface area contributed by atoms with E-state index in [9.17, 15) is 20.1 Å². The molecule has 0 aromatic rings. The number of aliphatic hydroxyl groups is 4. The number of carbonyl (C=O) groups excluding carboxylic acids is 1. The molecule has 0 amide bonds. The molecule has 2 rings (SSSR count). The van der Waals surface area contributed by atoms with Crippen LogP contribution in [0.5, 0.6) is 0 Å². The van der Waals surface area contributed by atoms with Gasteiger partial charge in [-0.05, 0) is 18.8 Å². The van der Waals surface area contributed by atoms with Crippen LogP contribution in [0.4, 0.5) is 0 Å². The molecule has 6 heteroatoms. The molecular formula is C13H20O6. The molecule has 1 saturated heterocycles. The van der Waals surface area contributed by atoms with Gasteiger partial charge in [0.1, 0.15) is 30.7 Å². The van der Waals surface area contributed by atoms with Crippen molar-refractivity contribution in [2.75, 3.05) is 6.61 Å². The van der Waals surface area contributed by atoms with E-state index in [4.69, 9.17) is 9.84 Å². The Labute approximate surface area is 111 Å². The van der Waals surface area contributed by atoms with Crippen LogP contribution < -0.4 is 0 Å². The summed E-state index contributed by atoms with van der Waals surface area (Å²) in [5.74, 6) is -0.336. The van der Waals surface area contributed by atoms with Gasteiger partial charge in [-0.1, -0.05) is 12.2 Å². The van der Waals surface area contributed by atoms with Gasteiger partial charge in [-0.25, -0.2) is 0 Å². The van der Waals surface area contributed by atoms with E-state index in [1.165, 1.54) is 0 Å². The SMILES string of the molecule is O=CC1C=CCC(C2O[C@H](CO)[C@@H](O)[C@H](O)[C@H]2O)C1. The molecular weight excluding hydrogens is 252 g/mol. The van der Waals surface area contributed by atoms with Crippen molar-refractivity contribution >= 4 is 6.29 Å². The van der Waals surface area contributed by atoms with Gasteiger partial charge in [0.05, 0.1) is 12.7 Å². The Morgan fingerprint density at radius 2 is 1.95 bits per heavy atom. The van der Waals surface area contributed by atoms with Gasteiger partial charge in [-0.2, -0.15) is 0 Å². The van der Waals surface area contributed by atoms with Crippen molar-refractivity contribution in [3.63, 3.8) is 0 Å². The van der Waals surface area contributed by atoms with Gasteiger partial charge in [0, 0.05) is 5.92 Å². The number of ether oxygens (including phenoxy) is 1. The minimum absolute atomic E-state index is 0.119. The molecule has 0 radical (unpaired) electrons. The predicted octanol–water partition coefficient (Wildman–Crippen LogP) is -1.39. The first-order chi connectivity index (χ1) is 9.08. The lowest BCUT2D eigenvalue weighted by Crippen LogP contribution is -2.60. The van der Waals surface area contributed by atoms with Gasteiger partial charge in [0.25, 0.3) is 0 Å². The molecule has 1 aliphatic heterocycles. The van der Waals surface area contributed by atoms with Crippen LogP contribution in [0.25, 0.3) is 0 Å². The maximum absolute atomic E-state index is 10.8. The van der Waals surface area contributed by atoms with E-state index in [2.05, 4.69) is 0 Å². The molecule has 1 heterocycles. The minimum atomic E-state index is -1.35. The van der Waals surface area contributed by atoms with Gasteiger partial charge in [0.2, 0.25) is 0 Å². The van der Waals surface area contributed by atoms with Crippen LogP contribution in [0, 0.1) is 11.8 Å². The third-order valence-corrected chi connectivity index (χ3v) is 3.97. The van der Waals surface area contributed by atoms with Crippen LogP contribution in [-0.2, 0) is 9.53 Å². The van der Waals surface area contributed by atoms with E-state index < -0.39 is 37.1 Å². The topological polar surface area (TPSA) is 107 Å². The summed E-state index contributed by atoms with van der Waals surface area (Å²) < 4.78 is 5.50. The lowest BCUT2D eigenvalue weighted by atomic mass is 9.79. The summed E-state index contributed by atoms with van der Waals surface area (Å²) in [7, 11) is 0. The Morgan fingerprint density at radius 1 is 1.21 bits per heavy atom. The van der Waals surface area contributed by atoms with Crippen LogP contribution in [-0.4, -0.2) is 63.8 Å². The molecule has 3 unspecified atom stereocenters. The van der Waals surface area contributed by atoms with Crippen LogP contribution in [0.15, 0.2) is 12.2 Å². The number of rotatable bonds is 3. The van der Waals surface area contributed by atoms with Gasteiger partial charge in [-0.3, -0.25) is 0 Å². The van der Waals surface area contributed by atoms with Crippen molar-refractivity contribution in [2.45, 2.75) is 43.4 Å². The normalized spacial score (nSPS) is 47.1. The largest absolute Gasteiger partial charge is 0.394 e. The second-order valence-corrected chi connectivity index (χ2v) is 5.25. The monoisotopic (exact) mass is 272 g/mol. The van der Waals surface area contributed by atoms with Gasteiger partial charge in [-0.15, -0.1) is 0 Å². The second kappa shape index (κ2) is 6.11. The fourth-order valence-corrected chi connectivity index (χ4v) is 2.84. The number of hydrogen-bond donors (Lipinski definition) is 4. The Kier molecular flexibility index (Phi) is 4.70. The summed E-state index contributed by atoms with van der Waals surface area (Å²) in [5, 5.41) is 38.6. The lowest BCUT2D eigenvalue weighted by molar-refractivity contribution is -0.242. The summed E-state index contributed by atoms with van der Waals surface area (Å²) in [5.41, 5.74) is 0. The van der Waals surface area contributed by atoms with Gasteiger partial charge in [0.15, 0.2) is 0 Å². The number of carbonyl (C=O) groups is 1. The summed E-state index contributed by atoms with van der Waals surface area (Å²) >= 11 is 0. The maximum atomic E-state index is 10.8. The first kappa shape index (κ1) is 14.6. The zero-order valence-corrected chi connectivity index (χ0v) is 10.5. The summed E-state index contributed by atoms with van der Waals surface area (Å²) in [6, 6.07) is 0. The highest BCUT2D eigenvalue weighted by Gasteiger charge is 2.46. The standard InChI is InChI=1S/C13H20O6/c14-5-7-2-1-3-8(4-7)13-12(18)11(17)10(16)9(6-15)19-13/h1-2,5,7-13,15-18H,3-4,6H2/t7?,8?,9-,10-,11+,12-,13?/m1/s1. The third kappa shape index (κ3) is 2.88. The highest BCUT2D eigenvalue weighted by molar-refractivity contribution is 5.56. The molecule has 0 spiro atoms. The average Bonchev–Trinajstić information content (AvgIpc) is 2.45. The zero-order valence-electron chi connectivity index (χ0n) is 10.5. The number of aldehydes is 1. The van der Waals surface area contributed by atoms with Crippen LogP contribution in [0.3, 0.4) is 0 Å². The van der Waals surface area contributed by atoms with Crippen molar-refractivity contribution in [1.29, 1.82) is 0 Å². The van der Waals surface area contributed by atoms with Crippen molar-refractivity contribution < 1.29 is 30.0 Å². The van der Waals surface area contributed by atoms with E-state index in [1.807, 2.05) is 12.2 Å². The van der Waals surface area contributed by atoms with Gasteiger partial charge >= 0.3 is 0 Å². The first-order valence-electron chi connectivity index (χ1n) is 6.51. The van der Waals surface area contributed by atoms with Crippen molar-refractivity contribution in [1.82, 2.24) is 0 Å². The quantitative estimate of drug-likeness (QED) is 0.372. The highest BCUT2D eigenvalue weighted by Crippen LogP contribution is 2.33. The Balaban J connectivity index is 2.10. The third-order valence-electron chi connectivity index (χ3n) is 3.97. The van der Waals surface area contributed by atoms with Crippen molar-refractivity contribution in [3.8, 4) is 0 Å². The molecule has 108 valence electrons. The molecule has 1 fully saturated rings. The van der Waals surface area contributed by atoms with Gasteiger partial charge < -0.3 is 30.0 Å². The Hall–Kier alpha value is -0.790. The summed E-state index contributed by atoms with van der Waals surface area (Å²) in [6.45, 7) is -0.429. The molecule has 0 aromatic carbocycles. The summed E-state index contributed by atoms with van der Waals surface area (Å²) in [4.78, 5) is 10.8. The van der Waals surface area contributed by atoms with E-state index in [1.54, 1.807) is 0 Å². The smallest absolute Gasteiger partial charge is 0.126 e. The van der Waals surface area contributed by atoms with Crippen molar-refractivity contribution in [2.24, 2.45) is 11.8 Å². The van der Waals surface area contributed by atoms with E-state index in [-0.39, 0.29) is 11.8 Å². The van der Waals surface area contributed by atoms with Crippen LogP contribution in [0.1, 0.15) is 12.8 Å². The average molecular weight is 272 g/mol. The fraction of sp³-hybridized carbons (Fsp3) is 0.769. The van der Waals surface area contributed by atoms with Crippen LogP contribution >= 0.6 is 0 Å². The Morgan fingerprint density at radius 3 is 2.58 bits per heavy atom. The summed E-state index contributed by atoms with van der Waals surface area (Å²) in [6.07, 6.45) is 0.187. The molecule has 1 aliphatic carbocycles. The molecule has 0 aromatic heterocycles. The molecule has 0 bridgehead atoms. The number of hydrogen-bond acceptors (Lipinski definition) is 6. The number of allylic oxidation sites excluding steroid dienone is 2. The molecule has 0 saturated carbocycles.